The molecule has 1 saturated heterocycles. The van der Waals surface area contributed by atoms with Crippen LogP contribution in [0.5, 0.6) is 0 Å². The summed E-state index contributed by atoms with van der Waals surface area (Å²) in [5.41, 5.74) is 5.41. The first-order valence-electron chi connectivity index (χ1n) is 2.68. The maximum Gasteiger partial charge on any atom is 0.121 e. The highest BCUT2D eigenvalue weighted by Crippen LogP contribution is 2.13. The number of aliphatic hydroxyl groups excluding tert-OH is 1. The first kappa shape index (κ1) is 5.97. The zero-order valence-corrected chi connectivity index (χ0v) is 4.62. The molecule has 0 aromatic heterocycles. The Labute approximate surface area is 48.0 Å². The Balaban J connectivity index is 2.44. The van der Waals surface area contributed by atoms with Crippen LogP contribution < -0.4 is 11.6 Å². The van der Waals surface area contributed by atoms with E-state index >= 15 is 0 Å². The highest BCUT2D eigenvalue weighted by molar-refractivity contribution is 4.71. The first-order valence-corrected chi connectivity index (χ1v) is 2.68. The van der Waals surface area contributed by atoms with Crippen LogP contribution in [0.4, 0.5) is 0 Å². The maximum absolute atomic E-state index is 8.89. The van der Waals surface area contributed by atoms with Gasteiger partial charge in [-0.1, -0.05) is 0 Å². The molecule has 8 heavy (non-hydrogen) atoms. The molecule has 5 N–H and O–H groups in total. The lowest BCUT2D eigenvalue weighted by Crippen LogP contribution is -2.46. The van der Waals surface area contributed by atoms with Gasteiger partial charge in [-0.15, -0.1) is 0 Å². The zero-order chi connectivity index (χ0) is 6.15. The minimum Gasteiger partial charge on any atom is -0.377 e. The quantitative estimate of drug-likeness (QED) is 0.340. The number of aliphatic hydroxyl groups is 1. The van der Waals surface area contributed by atoms with Crippen molar-refractivity contribution < 1.29 is 5.11 Å². The van der Waals surface area contributed by atoms with E-state index in [-0.39, 0.29) is 6.17 Å². The van der Waals surface area contributed by atoms with Gasteiger partial charge in [-0.3, -0.25) is 5.84 Å². The van der Waals surface area contributed by atoms with Crippen LogP contribution >= 0.6 is 0 Å². The summed E-state index contributed by atoms with van der Waals surface area (Å²) in [6.07, 6.45) is 0.810. The Morgan fingerprint density at radius 2 is 2.12 bits per heavy atom. The van der Waals surface area contributed by atoms with Crippen LogP contribution in [0, 0.1) is 0 Å². The van der Waals surface area contributed by atoms with Crippen molar-refractivity contribution in [2.75, 3.05) is 0 Å². The van der Waals surface area contributed by atoms with E-state index in [1.807, 2.05) is 0 Å². The maximum atomic E-state index is 8.89. The van der Waals surface area contributed by atoms with Crippen molar-refractivity contribution in [2.45, 2.75) is 25.2 Å². The second-order valence-corrected chi connectivity index (χ2v) is 2.07. The topological polar surface area (TPSA) is 75.5 Å². The van der Waals surface area contributed by atoms with Crippen LogP contribution in [0.15, 0.2) is 0 Å². The van der Waals surface area contributed by atoms with Crippen LogP contribution in [-0.2, 0) is 0 Å². The van der Waals surface area contributed by atoms with Gasteiger partial charge in [0.15, 0.2) is 0 Å². The molecule has 2 unspecified atom stereocenters. The molecule has 0 aromatic carbocycles. The van der Waals surface area contributed by atoms with Gasteiger partial charge in [0.2, 0.25) is 0 Å². The Kier molecular flexibility index (Phi) is 1.48. The number of hydrogen-bond acceptors (Lipinski definition) is 4. The molecule has 1 aliphatic heterocycles. The molecule has 4 nitrogen and oxygen atoms in total. The fourth-order valence-electron chi connectivity index (χ4n) is 0.839. The van der Waals surface area contributed by atoms with Gasteiger partial charge in [0.1, 0.15) is 6.23 Å². The lowest BCUT2D eigenvalue weighted by atomic mass is 10.3. The van der Waals surface area contributed by atoms with E-state index in [0.717, 1.165) is 6.42 Å². The predicted octanol–water partition coefficient (Wildman–Crippen LogP) is -1.44. The summed E-state index contributed by atoms with van der Waals surface area (Å²) >= 11 is 0. The molecule has 1 fully saturated rings. The third-order valence-corrected chi connectivity index (χ3v) is 1.45. The third kappa shape index (κ3) is 0.830. The van der Waals surface area contributed by atoms with E-state index in [1.54, 1.807) is 0 Å². The Morgan fingerprint density at radius 1 is 1.50 bits per heavy atom. The van der Waals surface area contributed by atoms with Crippen molar-refractivity contribution in [3.8, 4) is 0 Å². The van der Waals surface area contributed by atoms with E-state index in [0.29, 0.717) is 6.42 Å². The largest absolute Gasteiger partial charge is 0.377 e. The zero-order valence-electron chi connectivity index (χ0n) is 4.62. The molecule has 48 valence electrons. The average Bonchev–Trinajstić information content (AvgIpc) is 1.98. The van der Waals surface area contributed by atoms with Gasteiger partial charge in [0.25, 0.3) is 0 Å². The van der Waals surface area contributed by atoms with Crippen molar-refractivity contribution in [3.05, 3.63) is 0 Å². The van der Waals surface area contributed by atoms with Crippen LogP contribution in [0.3, 0.4) is 0 Å². The summed E-state index contributed by atoms with van der Waals surface area (Å²) < 4.78 is 0. The lowest BCUT2D eigenvalue weighted by Gasteiger charge is -2.16. The van der Waals surface area contributed by atoms with Crippen LogP contribution in [0.1, 0.15) is 12.8 Å². The summed E-state index contributed by atoms with van der Waals surface area (Å²) in [5.74, 6) is 5.28. The minimum atomic E-state index is -0.523. The Morgan fingerprint density at radius 3 is 2.25 bits per heavy atom. The molecular weight excluding hydrogens is 106 g/mol. The average molecular weight is 117 g/mol. The molecule has 0 radical (unpaired) electrons. The number of nitrogens with zero attached hydrogens (tertiary/aromatic N) is 1. The van der Waals surface area contributed by atoms with Crippen molar-refractivity contribution in [1.82, 2.24) is 5.01 Å². The van der Waals surface area contributed by atoms with Crippen LogP contribution in [-0.4, -0.2) is 22.5 Å². The van der Waals surface area contributed by atoms with E-state index in [9.17, 15) is 0 Å². The molecule has 0 aliphatic carbocycles. The molecule has 0 spiro atoms. The smallest absolute Gasteiger partial charge is 0.121 e. The molecule has 0 amide bonds. The van der Waals surface area contributed by atoms with Gasteiger partial charge in [-0.2, -0.15) is 0 Å². The number of hydrazine groups is 1. The monoisotopic (exact) mass is 117 g/mol. The summed E-state index contributed by atoms with van der Waals surface area (Å²) in [4.78, 5) is 0. The highest BCUT2D eigenvalue weighted by Gasteiger charge is 2.25. The summed E-state index contributed by atoms with van der Waals surface area (Å²) in [5, 5.41) is 10.2. The molecule has 1 heterocycles. The molecule has 2 atom stereocenters. The molecule has 0 aromatic rings. The number of hydrogen-bond donors (Lipinski definition) is 3. The predicted molar refractivity (Wildman–Crippen MR) is 29.2 cm³/mol. The SMILES string of the molecule is NC1CCC(O)N1N. The van der Waals surface area contributed by atoms with Gasteiger partial charge >= 0.3 is 0 Å². The van der Waals surface area contributed by atoms with Gasteiger partial charge in [0, 0.05) is 0 Å². The van der Waals surface area contributed by atoms with Gasteiger partial charge < -0.3 is 10.8 Å². The minimum absolute atomic E-state index is 0.148. The Hall–Kier alpha value is -0.160. The second-order valence-electron chi connectivity index (χ2n) is 2.07. The van der Waals surface area contributed by atoms with Crippen molar-refractivity contribution in [1.29, 1.82) is 0 Å². The van der Waals surface area contributed by atoms with Crippen LogP contribution in [0.2, 0.25) is 0 Å². The molecule has 0 bridgehead atoms. The van der Waals surface area contributed by atoms with E-state index in [2.05, 4.69) is 0 Å². The fraction of sp³-hybridized carbons (Fsp3) is 1.00. The van der Waals surface area contributed by atoms with E-state index in [4.69, 9.17) is 16.7 Å². The first-order chi connectivity index (χ1) is 3.72. The lowest BCUT2D eigenvalue weighted by molar-refractivity contribution is 0.0181. The standard InChI is InChI=1S/C4H11N3O/c5-3-1-2-4(8)7(3)6/h3-4,8H,1-2,5-6H2. The van der Waals surface area contributed by atoms with Gasteiger partial charge in [-0.05, 0) is 12.8 Å². The van der Waals surface area contributed by atoms with E-state index < -0.39 is 6.23 Å². The number of nitrogens with two attached hydrogens (primary N) is 2. The molecular formula is C4H11N3O. The normalized spacial score (nSPS) is 40.9. The molecule has 4 heteroatoms. The van der Waals surface area contributed by atoms with E-state index in [1.165, 1.54) is 5.01 Å². The second kappa shape index (κ2) is 1.99. The fourth-order valence-corrected chi connectivity index (χ4v) is 0.839. The molecule has 1 aliphatic rings. The highest BCUT2D eigenvalue weighted by atomic mass is 16.3. The molecule has 0 saturated carbocycles. The van der Waals surface area contributed by atoms with Crippen molar-refractivity contribution in [2.24, 2.45) is 11.6 Å². The van der Waals surface area contributed by atoms with Crippen LogP contribution in [0.25, 0.3) is 0 Å². The van der Waals surface area contributed by atoms with Crippen molar-refractivity contribution >= 4 is 0 Å². The Bertz CT molecular complexity index is 77.4. The number of rotatable bonds is 0. The summed E-state index contributed by atoms with van der Waals surface area (Å²) in [6, 6.07) is 0. The third-order valence-electron chi connectivity index (χ3n) is 1.45. The summed E-state index contributed by atoms with van der Waals surface area (Å²) in [6.45, 7) is 0. The van der Waals surface area contributed by atoms with Crippen molar-refractivity contribution in [3.63, 3.8) is 0 Å². The summed E-state index contributed by atoms with van der Waals surface area (Å²) in [7, 11) is 0. The molecule has 1 rings (SSSR count). The van der Waals surface area contributed by atoms with Gasteiger partial charge in [0.05, 0.1) is 6.17 Å². The van der Waals surface area contributed by atoms with Gasteiger partial charge in [-0.25, -0.2) is 5.01 Å².